The summed E-state index contributed by atoms with van der Waals surface area (Å²) >= 11 is 0. The Bertz CT molecular complexity index is 689. The van der Waals surface area contributed by atoms with Gasteiger partial charge in [0.1, 0.15) is 5.58 Å². The van der Waals surface area contributed by atoms with Gasteiger partial charge in [0.2, 0.25) is 0 Å². The Morgan fingerprint density at radius 2 is 1.69 bits per heavy atom. The Labute approximate surface area is 94.7 Å². The van der Waals surface area contributed by atoms with E-state index in [9.17, 15) is 0 Å². The van der Waals surface area contributed by atoms with Crippen molar-refractivity contribution in [1.29, 1.82) is 0 Å². The number of aryl methyl sites for hydroxylation is 3. The molecule has 16 heavy (non-hydrogen) atoms. The molecule has 0 radical (unpaired) electrons. The molecule has 1 heterocycles. The van der Waals surface area contributed by atoms with Crippen molar-refractivity contribution in [3.63, 3.8) is 0 Å². The molecule has 0 unspecified atom stereocenters. The molecule has 0 bridgehead atoms. The fourth-order valence-electron chi connectivity index (χ4n) is 2.40. The van der Waals surface area contributed by atoms with Crippen molar-refractivity contribution in [3.8, 4) is 0 Å². The van der Waals surface area contributed by atoms with E-state index in [1.54, 1.807) is 0 Å². The first-order valence-corrected chi connectivity index (χ1v) is 5.54. The van der Waals surface area contributed by atoms with E-state index in [0.29, 0.717) is 0 Å². The lowest BCUT2D eigenvalue weighted by molar-refractivity contribution is 0.613. The lowest BCUT2D eigenvalue weighted by atomic mass is 9.98. The molecule has 3 aromatic rings. The molecule has 1 heteroatoms. The van der Waals surface area contributed by atoms with Crippen LogP contribution < -0.4 is 0 Å². The Kier molecular flexibility index (Phi) is 1.84. The Hall–Kier alpha value is -1.76. The minimum Gasteiger partial charge on any atom is -0.464 e. The molecule has 0 atom stereocenters. The van der Waals surface area contributed by atoms with Gasteiger partial charge in [-0.05, 0) is 48.7 Å². The molecule has 0 amide bonds. The highest BCUT2D eigenvalue weighted by molar-refractivity contribution is 6.09. The van der Waals surface area contributed by atoms with Gasteiger partial charge in [0.05, 0.1) is 6.26 Å². The van der Waals surface area contributed by atoms with Crippen LogP contribution >= 0.6 is 0 Å². The molecule has 0 N–H and O–H groups in total. The predicted molar refractivity (Wildman–Crippen MR) is 67.9 cm³/mol. The number of rotatable bonds is 0. The molecule has 0 saturated carbocycles. The highest BCUT2D eigenvalue weighted by Crippen LogP contribution is 2.32. The first-order chi connectivity index (χ1) is 7.66. The van der Waals surface area contributed by atoms with Crippen LogP contribution in [0.25, 0.3) is 21.7 Å². The zero-order valence-electron chi connectivity index (χ0n) is 9.79. The highest BCUT2D eigenvalue weighted by atomic mass is 16.3. The van der Waals surface area contributed by atoms with Gasteiger partial charge < -0.3 is 4.42 Å². The number of hydrogen-bond acceptors (Lipinski definition) is 1. The standard InChI is InChI=1S/C15H14O/c1-9-4-5-12-10(2)7-14-15(13(12)6-9)11(3)8-16-14/h4-8H,1-3H3. The van der Waals surface area contributed by atoms with Gasteiger partial charge in [0.25, 0.3) is 0 Å². The molecule has 0 aliphatic rings. The number of fused-ring (bicyclic) bond motifs is 3. The molecule has 1 nitrogen and oxygen atoms in total. The Balaban J connectivity index is 2.64. The third-order valence-corrected chi connectivity index (χ3v) is 3.22. The van der Waals surface area contributed by atoms with E-state index in [-0.39, 0.29) is 0 Å². The van der Waals surface area contributed by atoms with Crippen LogP contribution in [0, 0.1) is 20.8 Å². The van der Waals surface area contributed by atoms with E-state index in [1.807, 2.05) is 6.26 Å². The van der Waals surface area contributed by atoms with Crippen LogP contribution in [0.2, 0.25) is 0 Å². The lowest BCUT2D eigenvalue weighted by Gasteiger charge is -2.05. The average molecular weight is 210 g/mol. The molecule has 2 aromatic carbocycles. The van der Waals surface area contributed by atoms with E-state index in [4.69, 9.17) is 4.42 Å². The predicted octanol–water partition coefficient (Wildman–Crippen LogP) is 4.51. The quantitative estimate of drug-likeness (QED) is 0.532. The fraction of sp³-hybridized carbons (Fsp3) is 0.200. The first kappa shape index (κ1) is 9.46. The van der Waals surface area contributed by atoms with Crippen molar-refractivity contribution >= 4 is 21.7 Å². The average Bonchev–Trinajstić information content (AvgIpc) is 2.60. The van der Waals surface area contributed by atoms with Crippen LogP contribution in [-0.2, 0) is 0 Å². The second-order valence-corrected chi connectivity index (χ2v) is 4.53. The molecule has 0 aliphatic carbocycles. The second kappa shape index (κ2) is 3.11. The molecule has 80 valence electrons. The molecular weight excluding hydrogens is 196 g/mol. The maximum atomic E-state index is 5.58. The van der Waals surface area contributed by atoms with Crippen LogP contribution in [0.1, 0.15) is 16.7 Å². The summed E-state index contributed by atoms with van der Waals surface area (Å²) in [5, 5.41) is 3.88. The summed E-state index contributed by atoms with van der Waals surface area (Å²) in [6.07, 6.45) is 1.84. The normalized spacial score (nSPS) is 11.4. The largest absolute Gasteiger partial charge is 0.464 e. The van der Waals surface area contributed by atoms with Gasteiger partial charge in [-0.2, -0.15) is 0 Å². The SMILES string of the molecule is Cc1ccc2c(C)cc3occ(C)c3c2c1. The minimum atomic E-state index is 0.994. The summed E-state index contributed by atoms with van der Waals surface area (Å²) in [6.45, 7) is 6.36. The Morgan fingerprint density at radius 3 is 2.50 bits per heavy atom. The second-order valence-electron chi connectivity index (χ2n) is 4.53. The van der Waals surface area contributed by atoms with Crippen LogP contribution in [0.3, 0.4) is 0 Å². The summed E-state index contributed by atoms with van der Waals surface area (Å²) in [5.74, 6) is 0. The van der Waals surface area contributed by atoms with Crippen molar-refractivity contribution in [2.45, 2.75) is 20.8 Å². The van der Waals surface area contributed by atoms with Crippen LogP contribution in [0.15, 0.2) is 34.9 Å². The zero-order valence-corrected chi connectivity index (χ0v) is 9.79. The van der Waals surface area contributed by atoms with E-state index in [2.05, 4.69) is 45.0 Å². The van der Waals surface area contributed by atoms with E-state index in [1.165, 1.54) is 32.8 Å². The molecule has 3 rings (SSSR count). The Morgan fingerprint density at radius 1 is 0.875 bits per heavy atom. The van der Waals surface area contributed by atoms with Crippen LogP contribution in [0.5, 0.6) is 0 Å². The van der Waals surface area contributed by atoms with Crippen molar-refractivity contribution in [2.75, 3.05) is 0 Å². The third kappa shape index (κ3) is 1.18. The first-order valence-electron chi connectivity index (χ1n) is 5.54. The smallest absolute Gasteiger partial charge is 0.135 e. The van der Waals surface area contributed by atoms with Crippen molar-refractivity contribution < 1.29 is 4.42 Å². The number of hydrogen-bond donors (Lipinski definition) is 0. The van der Waals surface area contributed by atoms with Crippen molar-refractivity contribution in [1.82, 2.24) is 0 Å². The summed E-state index contributed by atoms with van der Waals surface area (Å²) in [4.78, 5) is 0. The van der Waals surface area contributed by atoms with Gasteiger partial charge in [-0.3, -0.25) is 0 Å². The maximum Gasteiger partial charge on any atom is 0.135 e. The van der Waals surface area contributed by atoms with E-state index in [0.717, 1.165) is 5.58 Å². The van der Waals surface area contributed by atoms with Gasteiger partial charge in [0.15, 0.2) is 0 Å². The van der Waals surface area contributed by atoms with Crippen LogP contribution in [0.4, 0.5) is 0 Å². The number of furan rings is 1. The van der Waals surface area contributed by atoms with E-state index >= 15 is 0 Å². The van der Waals surface area contributed by atoms with E-state index < -0.39 is 0 Å². The summed E-state index contributed by atoms with van der Waals surface area (Å²) in [5.41, 5.74) is 4.77. The van der Waals surface area contributed by atoms with Gasteiger partial charge in [-0.25, -0.2) is 0 Å². The molecule has 0 fully saturated rings. The zero-order chi connectivity index (χ0) is 11.3. The molecule has 0 spiro atoms. The summed E-state index contributed by atoms with van der Waals surface area (Å²) < 4.78 is 5.58. The van der Waals surface area contributed by atoms with Gasteiger partial charge in [-0.15, -0.1) is 0 Å². The number of benzene rings is 2. The topological polar surface area (TPSA) is 13.1 Å². The molecular formula is C15H14O. The van der Waals surface area contributed by atoms with Gasteiger partial charge in [0, 0.05) is 5.39 Å². The fourth-order valence-corrected chi connectivity index (χ4v) is 2.40. The van der Waals surface area contributed by atoms with Crippen LogP contribution in [-0.4, -0.2) is 0 Å². The lowest BCUT2D eigenvalue weighted by Crippen LogP contribution is -1.82. The molecule has 1 aromatic heterocycles. The van der Waals surface area contributed by atoms with Gasteiger partial charge in [-0.1, -0.05) is 23.8 Å². The van der Waals surface area contributed by atoms with Gasteiger partial charge >= 0.3 is 0 Å². The minimum absolute atomic E-state index is 0.994. The van der Waals surface area contributed by atoms with Crippen molar-refractivity contribution in [3.05, 3.63) is 47.2 Å². The maximum absolute atomic E-state index is 5.58. The monoisotopic (exact) mass is 210 g/mol. The van der Waals surface area contributed by atoms with Crippen molar-refractivity contribution in [2.24, 2.45) is 0 Å². The molecule has 0 saturated heterocycles. The third-order valence-electron chi connectivity index (χ3n) is 3.22. The molecule has 0 aliphatic heterocycles. The summed E-state index contributed by atoms with van der Waals surface area (Å²) in [7, 11) is 0. The highest BCUT2D eigenvalue weighted by Gasteiger charge is 2.09. The summed E-state index contributed by atoms with van der Waals surface area (Å²) in [6, 6.07) is 8.73.